The predicted molar refractivity (Wildman–Crippen MR) is 92.2 cm³/mol. The third-order valence-electron chi connectivity index (χ3n) is 4.89. The number of hydrogen-bond acceptors (Lipinski definition) is 2. The van der Waals surface area contributed by atoms with Gasteiger partial charge in [0.05, 0.1) is 0 Å². The molecule has 0 radical (unpaired) electrons. The number of hydrogen-bond donors (Lipinski definition) is 1. The fraction of sp³-hybridized carbons (Fsp3) is 0.500. The van der Waals surface area contributed by atoms with Crippen molar-refractivity contribution in [1.82, 2.24) is 4.57 Å². The fourth-order valence-electron chi connectivity index (χ4n) is 3.56. The molecule has 1 fully saturated rings. The molecule has 1 aromatic heterocycles. The lowest BCUT2D eigenvalue weighted by molar-refractivity contribution is 0.238. The van der Waals surface area contributed by atoms with E-state index in [-0.39, 0.29) is 11.0 Å². The van der Waals surface area contributed by atoms with E-state index in [2.05, 4.69) is 18.7 Å². The quantitative estimate of drug-likeness (QED) is 0.663. The second-order valence-electron chi connectivity index (χ2n) is 6.41. The van der Waals surface area contributed by atoms with Crippen LogP contribution in [0.3, 0.4) is 0 Å². The molecule has 2 nitrogen and oxygen atoms in total. The molecule has 1 aromatic carbocycles. The molecule has 1 saturated carbocycles. The Balaban J connectivity index is 1.96. The summed E-state index contributed by atoms with van der Waals surface area (Å²) in [5, 5.41) is 1.85. The Morgan fingerprint density at radius 3 is 2.48 bits per heavy atom. The highest BCUT2D eigenvalue weighted by Crippen LogP contribution is 2.37. The molecule has 1 heterocycles. The van der Waals surface area contributed by atoms with Crippen LogP contribution in [0.5, 0.6) is 0 Å². The summed E-state index contributed by atoms with van der Waals surface area (Å²) in [5.41, 5.74) is 0.324. The van der Waals surface area contributed by atoms with E-state index in [1.54, 1.807) is 0 Å². The van der Waals surface area contributed by atoms with Gasteiger partial charge < -0.3 is 4.57 Å². The Kier molecular flexibility index (Phi) is 4.39. The summed E-state index contributed by atoms with van der Waals surface area (Å²) >= 11 is 4.62. The van der Waals surface area contributed by atoms with Crippen molar-refractivity contribution in [2.45, 2.75) is 45.1 Å². The van der Waals surface area contributed by atoms with Gasteiger partial charge in [-0.3, -0.25) is 4.79 Å². The molecule has 0 N–H and O–H groups in total. The van der Waals surface area contributed by atoms with E-state index in [9.17, 15) is 4.79 Å². The summed E-state index contributed by atoms with van der Waals surface area (Å²) in [6.45, 7) is 0.806. The SMILES string of the molecule is O=c1c2ccccc2ccn1CC1(CS)CCCCCC1. The molecule has 1 aliphatic carbocycles. The van der Waals surface area contributed by atoms with Gasteiger partial charge in [0.2, 0.25) is 0 Å². The van der Waals surface area contributed by atoms with Crippen molar-refractivity contribution >= 4 is 23.4 Å². The highest BCUT2D eigenvalue weighted by atomic mass is 32.1. The average molecular weight is 301 g/mol. The molecule has 3 heteroatoms. The van der Waals surface area contributed by atoms with Gasteiger partial charge in [-0.05, 0) is 41.5 Å². The smallest absolute Gasteiger partial charge is 0.258 e. The molecular weight excluding hydrogens is 278 g/mol. The second-order valence-corrected chi connectivity index (χ2v) is 6.72. The average Bonchev–Trinajstić information content (AvgIpc) is 2.77. The van der Waals surface area contributed by atoms with Gasteiger partial charge in [0.25, 0.3) is 5.56 Å². The molecule has 0 bridgehead atoms. The van der Waals surface area contributed by atoms with Crippen LogP contribution < -0.4 is 5.56 Å². The van der Waals surface area contributed by atoms with Crippen LogP contribution in [0.25, 0.3) is 10.8 Å². The van der Waals surface area contributed by atoms with E-state index < -0.39 is 0 Å². The van der Waals surface area contributed by atoms with E-state index in [1.165, 1.54) is 38.5 Å². The van der Waals surface area contributed by atoms with Crippen LogP contribution in [0.15, 0.2) is 41.3 Å². The minimum atomic E-state index is 0.138. The van der Waals surface area contributed by atoms with Gasteiger partial charge in [0, 0.05) is 18.1 Å². The van der Waals surface area contributed by atoms with E-state index in [4.69, 9.17) is 0 Å². The van der Waals surface area contributed by atoms with Crippen LogP contribution in [0, 0.1) is 5.41 Å². The minimum Gasteiger partial charge on any atom is -0.314 e. The summed E-state index contributed by atoms with van der Waals surface area (Å²) in [6.07, 6.45) is 9.52. The molecule has 0 spiro atoms. The van der Waals surface area contributed by atoms with E-state index in [1.807, 2.05) is 35.0 Å². The minimum absolute atomic E-state index is 0.138. The largest absolute Gasteiger partial charge is 0.314 e. The van der Waals surface area contributed by atoms with E-state index in [0.29, 0.717) is 0 Å². The van der Waals surface area contributed by atoms with Crippen molar-refractivity contribution in [3.8, 4) is 0 Å². The highest BCUT2D eigenvalue weighted by Gasteiger charge is 2.30. The number of benzene rings is 1. The number of thiol groups is 1. The van der Waals surface area contributed by atoms with Gasteiger partial charge in [0.1, 0.15) is 0 Å². The van der Waals surface area contributed by atoms with Crippen LogP contribution in [0.2, 0.25) is 0 Å². The molecule has 112 valence electrons. The van der Waals surface area contributed by atoms with Crippen LogP contribution in [0.4, 0.5) is 0 Å². The van der Waals surface area contributed by atoms with Gasteiger partial charge in [-0.2, -0.15) is 12.6 Å². The summed E-state index contributed by atoms with van der Waals surface area (Å²) < 4.78 is 1.91. The summed E-state index contributed by atoms with van der Waals surface area (Å²) in [7, 11) is 0. The maximum absolute atomic E-state index is 12.7. The monoisotopic (exact) mass is 301 g/mol. The van der Waals surface area contributed by atoms with Gasteiger partial charge in [-0.25, -0.2) is 0 Å². The van der Waals surface area contributed by atoms with Crippen LogP contribution in [0.1, 0.15) is 38.5 Å². The van der Waals surface area contributed by atoms with Crippen molar-refractivity contribution in [3.63, 3.8) is 0 Å². The molecule has 1 aliphatic rings. The molecule has 0 saturated heterocycles. The molecule has 0 unspecified atom stereocenters. The van der Waals surface area contributed by atoms with Gasteiger partial charge in [-0.15, -0.1) is 0 Å². The zero-order chi connectivity index (χ0) is 14.7. The molecule has 2 aromatic rings. The van der Waals surface area contributed by atoms with E-state index >= 15 is 0 Å². The Labute approximate surface area is 131 Å². The van der Waals surface area contributed by atoms with Crippen molar-refractivity contribution in [2.24, 2.45) is 5.41 Å². The lowest BCUT2D eigenvalue weighted by atomic mass is 9.82. The summed E-state index contributed by atoms with van der Waals surface area (Å²) in [4.78, 5) is 12.7. The van der Waals surface area contributed by atoms with Gasteiger partial charge >= 0.3 is 0 Å². The highest BCUT2D eigenvalue weighted by molar-refractivity contribution is 7.80. The number of rotatable bonds is 3. The molecular formula is C18H23NOS. The van der Waals surface area contributed by atoms with Crippen LogP contribution in [-0.4, -0.2) is 10.3 Å². The fourth-order valence-corrected chi connectivity index (χ4v) is 3.98. The van der Waals surface area contributed by atoms with Crippen molar-refractivity contribution in [3.05, 3.63) is 46.9 Å². The van der Waals surface area contributed by atoms with Crippen molar-refractivity contribution < 1.29 is 0 Å². The summed E-state index contributed by atoms with van der Waals surface area (Å²) in [6, 6.07) is 9.90. The lowest BCUT2D eigenvalue weighted by Gasteiger charge is -2.32. The van der Waals surface area contributed by atoms with Crippen molar-refractivity contribution in [2.75, 3.05) is 5.75 Å². The first-order chi connectivity index (χ1) is 10.2. The zero-order valence-corrected chi connectivity index (χ0v) is 13.3. The third kappa shape index (κ3) is 3.03. The van der Waals surface area contributed by atoms with Crippen molar-refractivity contribution in [1.29, 1.82) is 0 Å². The molecule has 3 rings (SSSR count). The number of pyridine rings is 1. The molecule has 0 aliphatic heterocycles. The van der Waals surface area contributed by atoms with Crippen LogP contribution >= 0.6 is 12.6 Å². The zero-order valence-electron chi connectivity index (χ0n) is 12.4. The number of nitrogens with zero attached hydrogens (tertiary/aromatic N) is 1. The lowest BCUT2D eigenvalue weighted by Crippen LogP contribution is -2.33. The maximum atomic E-state index is 12.7. The maximum Gasteiger partial charge on any atom is 0.258 e. The van der Waals surface area contributed by atoms with Crippen LogP contribution in [-0.2, 0) is 6.54 Å². The number of fused-ring (bicyclic) bond motifs is 1. The third-order valence-corrected chi connectivity index (χ3v) is 5.56. The molecule has 0 atom stereocenters. The first-order valence-corrected chi connectivity index (χ1v) is 8.56. The topological polar surface area (TPSA) is 22.0 Å². The first-order valence-electron chi connectivity index (χ1n) is 7.93. The molecule has 0 amide bonds. The first kappa shape index (κ1) is 14.7. The van der Waals surface area contributed by atoms with Gasteiger partial charge in [0.15, 0.2) is 0 Å². The summed E-state index contributed by atoms with van der Waals surface area (Å²) in [5.74, 6) is 0.867. The second kappa shape index (κ2) is 6.27. The van der Waals surface area contributed by atoms with Gasteiger partial charge in [-0.1, -0.05) is 43.9 Å². The number of aromatic nitrogens is 1. The standard InChI is InChI=1S/C18H23NOS/c20-17-16-8-4-3-7-15(16)9-12-19(17)13-18(14-21)10-5-1-2-6-11-18/h3-4,7-9,12,21H,1-2,5-6,10-11,13-14H2. The Morgan fingerprint density at radius 2 is 1.76 bits per heavy atom. The molecule has 21 heavy (non-hydrogen) atoms. The Hall–Kier alpha value is -1.22. The Morgan fingerprint density at radius 1 is 1.05 bits per heavy atom. The predicted octanol–water partition coefficient (Wildman–Crippen LogP) is 4.27. The Bertz CT molecular complexity index is 668. The van der Waals surface area contributed by atoms with E-state index in [0.717, 1.165) is 23.1 Å². The normalized spacial score (nSPS) is 18.5.